The standard InChI is InChI=1S/C13H18NO4P/c1-17-12(15)11(19(2)3)14-13(16)18-9-10-7-5-4-6-8-10/h4-8,11H,9H2,1-3H3,(H,14,16). The van der Waals surface area contributed by atoms with Gasteiger partial charge in [0.25, 0.3) is 0 Å². The quantitative estimate of drug-likeness (QED) is 0.664. The molecule has 19 heavy (non-hydrogen) atoms. The molecule has 5 nitrogen and oxygen atoms in total. The summed E-state index contributed by atoms with van der Waals surface area (Å²) < 4.78 is 9.70. The van der Waals surface area contributed by atoms with Crippen LogP contribution >= 0.6 is 7.92 Å². The molecule has 0 aliphatic heterocycles. The molecule has 0 aliphatic carbocycles. The summed E-state index contributed by atoms with van der Waals surface area (Å²) in [5.41, 5.74) is 0.891. The van der Waals surface area contributed by atoms with Gasteiger partial charge in [-0.2, -0.15) is 0 Å². The van der Waals surface area contributed by atoms with Crippen LogP contribution in [0.25, 0.3) is 0 Å². The molecule has 1 amide bonds. The molecule has 0 saturated carbocycles. The van der Waals surface area contributed by atoms with Gasteiger partial charge in [-0.25, -0.2) is 9.59 Å². The molecular formula is C13H18NO4P. The van der Waals surface area contributed by atoms with Crippen LogP contribution in [-0.2, 0) is 20.9 Å². The number of hydrogen-bond acceptors (Lipinski definition) is 4. The van der Waals surface area contributed by atoms with Gasteiger partial charge in [-0.3, -0.25) is 0 Å². The van der Waals surface area contributed by atoms with Crippen molar-refractivity contribution in [2.24, 2.45) is 0 Å². The number of esters is 1. The molecule has 0 radical (unpaired) electrons. The van der Waals surface area contributed by atoms with Gasteiger partial charge in [0.15, 0.2) is 0 Å². The summed E-state index contributed by atoms with van der Waals surface area (Å²) in [6.45, 7) is 3.94. The minimum Gasteiger partial charge on any atom is -0.467 e. The topological polar surface area (TPSA) is 64.6 Å². The normalized spacial score (nSPS) is 11.8. The van der Waals surface area contributed by atoms with E-state index < -0.39 is 25.8 Å². The molecule has 1 aromatic carbocycles. The van der Waals surface area contributed by atoms with Gasteiger partial charge in [-0.05, 0) is 18.9 Å². The Balaban J connectivity index is 2.47. The second-order valence-corrected chi connectivity index (χ2v) is 6.54. The second kappa shape index (κ2) is 7.74. The number of carbonyl (C=O) groups is 2. The van der Waals surface area contributed by atoms with Gasteiger partial charge in [0.1, 0.15) is 12.4 Å². The first-order chi connectivity index (χ1) is 9.04. The molecule has 0 bridgehead atoms. The zero-order valence-electron chi connectivity index (χ0n) is 11.3. The van der Waals surface area contributed by atoms with Crippen LogP contribution in [0.3, 0.4) is 0 Å². The smallest absolute Gasteiger partial charge is 0.408 e. The molecule has 1 unspecified atom stereocenters. The third kappa shape index (κ3) is 5.26. The predicted octanol–water partition coefficient (Wildman–Crippen LogP) is 2.15. The number of ether oxygens (including phenoxy) is 2. The average molecular weight is 283 g/mol. The maximum Gasteiger partial charge on any atom is 0.408 e. The van der Waals surface area contributed by atoms with E-state index in [2.05, 4.69) is 10.1 Å². The van der Waals surface area contributed by atoms with Gasteiger partial charge in [0, 0.05) is 0 Å². The van der Waals surface area contributed by atoms with Crippen LogP contribution in [0.5, 0.6) is 0 Å². The van der Waals surface area contributed by atoms with Crippen molar-refractivity contribution in [2.75, 3.05) is 20.4 Å². The lowest BCUT2D eigenvalue weighted by molar-refractivity contribution is -0.140. The zero-order valence-corrected chi connectivity index (χ0v) is 12.1. The molecule has 1 atom stereocenters. The first-order valence-corrected chi connectivity index (χ1v) is 8.06. The number of alkyl carbamates (subject to hydrolysis) is 1. The van der Waals surface area contributed by atoms with Crippen LogP contribution in [0.4, 0.5) is 4.79 Å². The van der Waals surface area contributed by atoms with E-state index in [0.29, 0.717) is 0 Å². The lowest BCUT2D eigenvalue weighted by atomic mass is 10.2. The predicted molar refractivity (Wildman–Crippen MR) is 74.3 cm³/mol. The minimum absolute atomic E-state index is 0.173. The van der Waals surface area contributed by atoms with E-state index in [0.717, 1.165) is 5.56 Å². The third-order valence-electron chi connectivity index (χ3n) is 2.41. The molecule has 0 fully saturated rings. The molecule has 104 valence electrons. The van der Waals surface area contributed by atoms with Gasteiger partial charge in [0.05, 0.1) is 7.11 Å². The molecular weight excluding hydrogens is 265 g/mol. The summed E-state index contributed by atoms with van der Waals surface area (Å²) >= 11 is 0. The Morgan fingerprint density at radius 1 is 1.26 bits per heavy atom. The van der Waals surface area contributed by atoms with Gasteiger partial charge >= 0.3 is 12.1 Å². The molecule has 0 saturated heterocycles. The van der Waals surface area contributed by atoms with E-state index in [1.165, 1.54) is 7.11 Å². The van der Waals surface area contributed by atoms with Gasteiger partial charge < -0.3 is 14.8 Å². The molecule has 0 aromatic heterocycles. The highest BCUT2D eigenvalue weighted by atomic mass is 31.1. The van der Waals surface area contributed by atoms with Crippen molar-refractivity contribution in [3.63, 3.8) is 0 Å². The number of amides is 1. The van der Waals surface area contributed by atoms with Gasteiger partial charge in [-0.1, -0.05) is 38.3 Å². The van der Waals surface area contributed by atoms with Crippen LogP contribution < -0.4 is 5.32 Å². The van der Waals surface area contributed by atoms with Crippen molar-refractivity contribution in [3.05, 3.63) is 35.9 Å². The molecule has 0 spiro atoms. The fourth-order valence-corrected chi connectivity index (χ4v) is 2.28. The van der Waals surface area contributed by atoms with Crippen LogP contribution in [-0.4, -0.2) is 38.3 Å². The Labute approximate surface area is 114 Å². The first-order valence-electron chi connectivity index (χ1n) is 5.76. The molecule has 6 heteroatoms. The van der Waals surface area contributed by atoms with Crippen LogP contribution in [0.2, 0.25) is 0 Å². The second-order valence-electron chi connectivity index (χ2n) is 4.10. The van der Waals surface area contributed by atoms with Gasteiger partial charge in [0.2, 0.25) is 0 Å². The molecule has 1 N–H and O–H groups in total. The van der Waals surface area contributed by atoms with Crippen LogP contribution in [0.1, 0.15) is 5.56 Å². The number of hydrogen-bond donors (Lipinski definition) is 1. The highest BCUT2D eigenvalue weighted by molar-refractivity contribution is 7.57. The Bertz CT molecular complexity index is 422. The SMILES string of the molecule is COC(=O)C(NC(=O)OCc1ccccc1)P(C)C. The lowest BCUT2D eigenvalue weighted by Gasteiger charge is -2.19. The van der Waals surface area contributed by atoms with E-state index in [-0.39, 0.29) is 6.61 Å². The number of rotatable bonds is 5. The molecule has 0 heterocycles. The summed E-state index contributed by atoms with van der Waals surface area (Å²) in [6.07, 6.45) is -0.615. The number of methoxy groups -OCH3 is 1. The summed E-state index contributed by atoms with van der Waals surface area (Å²) in [6, 6.07) is 9.34. The van der Waals surface area contributed by atoms with E-state index in [4.69, 9.17) is 4.74 Å². The van der Waals surface area contributed by atoms with E-state index in [1.807, 2.05) is 43.7 Å². The summed E-state index contributed by atoms with van der Waals surface area (Å²) in [7, 11) is 0.604. The largest absolute Gasteiger partial charge is 0.467 e. The fraction of sp³-hybridized carbons (Fsp3) is 0.385. The Morgan fingerprint density at radius 2 is 1.89 bits per heavy atom. The monoisotopic (exact) mass is 283 g/mol. The molecule has 1 rings (SSSR count). The van der Waals surface area contributed by atoms with E-state index in [9.17, 15) is 9.59 Å². The van der Waals surface area contributed by atoms with Crippen molar-refractivity contribution in [1.29, 1.82) is 0 Å². The first kappa shape index (κ1) is 15.4. The number of benzene rings is 1. The molecule has 0 aliphatic rings. The Morgan fingerprint density at radius 3 is 2.42 bits per heavy atom. The maximum absolute atomic E-state index is 11.6. The molecule has 1 aromatic rings. The van der Waals surface area contributed by atoms with Crippen molar-refractivity contribution in [1.82, 2.24) is 5.32 Å². The van der Waals surface area contributed by atoms with Crippen LogP contribution in [0.15, 0.2) is 30.3 Å². The summed E-state index contributed by atoms with van der Waals surface area (Å²) in [5, 5.41) is 2.53. The van der Waals surface area contributed by atoms with E-state index in [1.54, 1.807) is 0 Å². The van der Waals surface area contributed by atoms with Crippen molar-refractivity contribution in [3.8, 4) is 0 Å². The maximum atomic E-state index is 11.6. The fourth-order valence-electron chi connectivity index (χ4n) is 1.39. The van der Waals surface area contributed by atoms with Crippen molar-refractivity contribution >= 4 is 20.0 Å². The van der Waals surface area contributed by atoms with Crippen LogP contribution in [0, 0.1) is 0 Å². The minimum atomic E-state index is -0.693. The average Bonchev–Trinajstić information content (AvgIpc) is 2.42. The van der Waals surface area contributed by atoms with E-state index >= 15 is 0 Å². The lowest BCUT2D eigenvalue weighted by Crippen LogP contribution is -2.40. The highest BCUT2D eigenvalue weighted by Gasteiger charge is 2.25. The van der Waals surface area contributed by atoms with Crippen molar-refractivity contribution < 1.29 is 19.1 Å². The zero-order chi connectivity index (χ0) is 14.3. The Kier molecular flexibility index (Phi) is 6.30. The number of nitrogens with one attached hydrogen (secondary N) is 1. The van der Waals surface area contributed by atoms with Gasteiger partial charge in [-0.15, -0.1) is 0 Å². The summed E-state index contributed by atoms with van der Waals surface area (Å²) in [5.74, 6) is -1.09. The Hall–Kier alpha value is -1.61. The third-order valence-corrected chi connectivity index (χ3v) is 3.78. The summed E-state index contributed by atoms with van der Waals surface area (Å²) in [4.78, 5) is 23.1. The highest BCUT2D eigenvalue weighted by Crippen LogP contribution is 2.31. The van der Waals surface area contributed by atoms with Crippen molar-refractivity contribution in [2.45, 2.75) is 12.4 Å². The number of carbonyl (C=O) groups excluding carboxylic acids is 2.